The van der Waals surface area contributed by atoms with E-state index in [1.54, 1.807) is 6.07 Å². The van der Waals surface area contributed by atoms with Crippen molar-refractivity contribution in [2.24, 2.45) is 0 Å². The number of aromatic nitrogens is 1. The van der Waals surface area contributed by atoms with Gasteiger partial charge in [-0.15, -0.1) is 0 Å². The van der Waals surface area contributed by atoms with Gasteiger partial charge in [-0.05, 0) is 63.1 Å². The zero-order valence-corrected chi connectivity index (χ0v) is 17.3. The van der Waals surface area contributed by atoms with Crippen LogP contribution in [0.3, 0.4) is 0 Å². The van der Waals surface area contributed by atoms with Crippen LogP contribution in [0.15, 0.2) is 48.5 Å². The summed E-state index contributed by atoms with van der Waals surface area (Å²) in [6, 6.07) is 13.1. The van der Waals surface area contributed by atoms with Gasteiger partial charge in [0, 0.05) is 34.8 Å². The minimum atomic E-state index is -0.782. The molecule has 0 aliphatic rings. The lowest BCUT2D eigenvalue weighted by molar-refractivity contribution is -0.384. The molecule has 154 valence electrons. The molecule has 7 heteroatoms. The molecule has 0 aliphatic carbocycles. The number of nitrogens with zero attached hydrogens (tertiary/aromatic N) is 2. The van der Waals surface area contributed by atoms with E-state index in [1.807, 2.05) is 44.4 Å². The number of nitro benzene ring substituents is 1. The predicted molar refractivity (Wildman–Crippen MR) is 112 cm³/mol. The first-order valence-electron chi connectivity index (χ1n) is 9.40. The van der Waals surface area contributed by atoms with Crippen LogP contribution < -0.4 is 0 Å². The highest BCUT2D eigenvalue weighted by Crippen LogP contribution is 2.23. The van der Waals surface area contributed by atoms with E-state index in [4.69, 9.17) is 4.74 Å². The molecular formula is C23H22N2O5. The highest BCUT2D eigenvalue weighted by Gasteiger charge is 2.19. The van der Waals surface area contributed by atoms with Crippen LogP contribution in [0.25, 0.3) is 5.69 Å². The number of Topliss-reactive ketones (excluding diaryl/α,β-unsaturated/α-hetero) is 1. The van der Waals surface area contributed by atoms with Crippen molar-refractivity contribution in [3.63, 3.8) is 0 Å². The molecule has 2 aromatic carbocycles. The summed E-state index contributed by atoms with van der Waals surface area (Å²) in [5.74, 6) is -1.12. The van der Waals surface area contributed by atoms with Gasteiger partial charge in [0.15, 0.2) is 6.61 Å². The molecule has 0 radical (unpaired) electrons. The van der Waals surface area contributed by atoms with Crippen molar-refractivity contribution in [2.75, 3.05) is 6.61 Å². The molecule has 3 rings (SSSR count). The Kier molecular flexibility index (Phi) is 5.82. The molecule has 0 fully saturated rings. The number of ether oxygens (including phenoxy) is 1. The van der Waals surface area contributed by atoms with Crippen LogP contribution in [-0.4, -0.2) is 27.8 Å². The molecule has 30 heavy (non-hydrogen) atoms. The van der Waals surface area contributed by atoms with Crippen molar-refractivity contribution in [3.8, 4) is 5.69 Å². The van der Waals surface area contributed by atoms with Gasteiger partial charge in [-0.1, -0.05) is 12.1 Å². The smallest absolute Gasteiger partial charge is 0.338 e. The fourth-order valence-corrected chi connectivity index (χ4v) is 3.35. The highest BCUT2D eigenvalue weighted by atomic mass is 16.6. The molecule has 0 aliphatic heterocycles. The molecule has 7 nitrogen and oxygen atoms in total. The van der Waals surface area contributed by atoms with E-state index in [0.717, 1.165) is 28.7 Å². The van der Waals surface area contributed by atoms with E-state index in [0.29, 0.717) is 5.56 Å². The van der Waals surface area contributed by atoms with E-state index >= 15 is 0 Å². The van der Waals surface area contributed by atoms with Gasteiger partial charge in [0.25, 0.3) is 5.69 Å². The second kappa shape index (κ2) is 8.32. The second-order valence-electron chi connectivity index (χ2n) is 7.20. The summed E-state index contributed by atoms with van der Waals surface area (Å²) in [6.07, 6.45) is 0. The fraction of sp³-hybridized carbons (Fsp3) is 0.217. The van der Waals surface area contributed by atoms with Gasteiger partial charge in [0.1, 0.15) is 0 Å². The van der Waals surface area contributed by atoms with E-state index in [1.165, 1.54) is 23.8 Å². The van der Waals surface area contributed by atoms with Gasteiger partial charge in [-0.25, -0.2) is 4.79 Å². The van der Waals surface area contributed by atoms with E-state index < -0.39 is 17.5 Å². The van der Waals surface area contributed by atoms with Gasteiger partial charge in [0.2, 0.25) is 5.78 Å². The molecule has 3 aromatic rings. The van der Waals surface area contributed by atoms with Crippen LogP contribution in [0.5, 0.6) is 0 Å². The van der Waals surface area contributed by atoms with Crippen LogP contribution in [0.1, 0.15) is 43.2 Å². The maximum absolute atomic E-state index is 12.7. The third-order valence-corrected chi connectivity index (χ3v) is 5.11. The zero-order valence-electron chi connectivity index (χ0n) is 17.3. The van der Waals surface area contributed by atoms with Crippen LogP contribution in [0.4, 0.5) is 5.69 Å². The second-order valence-corrected chi connectivity index (χ2v) is 7.20. The van der Waals surface area contributed by atoms with Gasteiger partial charge in [0.05, 0.1) is 10.5 Å². The average molecular weight is 406 g/mol. The number of rotatable bonds is 6. The van der Waals surface area contributed by atoms with Crippen molar-refractivity contribution in [1.29, 1.82) is 0 Å². The topological polar surface area (TPSA) is 91.4 Å². The molecule has 0 saturated heterocycles. The Morgan fingerprint density at radius 2 is 1.73 bits per heavy atom. The molecule has 0 N–H and O–H groups in total. The summed E-state index contributed by atoms with van der Waals surface area (Å²) in [7, 11) is 0. The van der Waals surface area contributed by atoms with Crippen molar-refractivity contribution >= 4 is 17.4 Å². The summed E-state index contributed by atoms with van der Waals surface area (Å²) in [4.78, 5) is 35.2. The number of carbonyl (C=O) groups is 2. The zero-order chi connectivity index (χ0) is 22.0. The molecule has 0 saturated carbocycles. The monoisotopic (exact) mass is 406 g/mol. The number of non-ortho nitro benzene ring substituents is 1. The number of hydrogen-bond acceptors (Lipinski definition) is 5. The summed E-state index contributed by atoms with van der Waals surface area (Å²) in [6.45, 7) is 7.39. The Morgan fingerprint density at radius 3 is 2.40 bits per heavy atom. The van der Waals surface area contributed by atoms with Gasteiger partial charge in [-0.2, -0.15) is 0 Å². The maximum Gasteiger partial charge on any atom is 0.338 e. The summed E-state index contributed by atoms with van der Waals surface area (Å²) < 4.78 is 7.09. The SMILES string of the molecule is Cc1ccc(-n2c(C)cc(C(=O)COC(=O)c3cccc([N+](=O)[O-])c3)c2C)cc1C. The molecule has 0 unspecified atom stereocenters. The number of esters is 1. The Hall–Kier alpha value is -3.74. The number of benzene rings is 2. The minimum absolute atomic E-state index is 0.0256. The van der Waals surface area contributed by atoms with Gasteiger partial charge in [-0.3, -0.25) is 14.9 Å². The quantitative estimate of drug-likeness (QED) is 0.257. The molecule has 1 heterocycles. The molecule has 0 spiro atoms. The Bertz CT molecular complexity index is 1160. The maximum atomic E-state index is 12.7. The van der Waals surface area contributed by atoms with Crippen LogP contribution in [0, 0.1) is 37.8 Å². The van der Waals surface area contributed by atoms with E-state index in [-0.39, 0.29) is 17.0 Å². The normalized spacial score (nSPS) is 10.7. The van der Waals surface area contributed by atoms with Crippen molar-refractivity contribution in [1.82, 2.24) is 4.57 Å². The van der Waals surface area contributed by atoms with E-state index in [9.17, 15) is 19.7 Å². The van der Waals surface area contributed by atoms with Crippen molar-refractivity contribution < 1.29 is 19.2 Å². The lowest BCUT2D eigenvalue weighted by Gasteiger charge is -2.12. The number of hydrogen-bond donors (Lipinski definition) is 0. The first kappa shape index (κ1) is 21.0. The number of carbonyl (C=O) groups excluding carboxylic acids is 2. The van der Waals surface area contributed by atoms with Gasteiger partial charge < -0.3 is 9.30 Å². The Balaban J connectivity index is 1.78. The molecule has 0 atom stereocenters. The number of aryl methyl sites for hydroxylation is 3. The fourth-order valence-electron chi connectivity index (χ4n) is 3.35. The first-order valence-corrected chi connectivity index (χ1v) is 9.40. The minimum Gasteiger partial charge on any atom is -0.454 e. The highest BCUT2D eigenvalue weighted by molar-refractivity contribution is 6.00. The summed E-state index contributed by atoms with van der Waals surface area (Å²) >= 11 is 0. The third kappa shape index (κ3) is 4.15. The average Bonchev–Trinajstić information content (AvgIpc) is 3.02. The summed E-state index contributed by atoms with van der Waals surface area (Å²) in [5, 5.41) is 10.9. The van der Waals surface area contributed by atoms with Crippen LogP contribution >= 0.6 is 0 Å². The van der Waals surface area contributed by atoms with Crippen LogP contribution in [-0.2, 0) is 4.74 Å². The van der Waals surface area contributed by atoms with Crippen molar-refractivity contribution in [3.05, 3.63) is 92.3 Å². The Morgan fingerprint density at radius 1 is 1.00 bits per heavy atom. The standard InChI is InChI=1S/C23H22N2O5/c1-14-8-9-19(10-15(14)2)24-16(3)11-21(17(24)4)22(26)13-30-23(27)18-6-5-7-20(12-18)25(28)29/h5-12H,13H2,1-4H3. The number of ketones is 1. The lowest BCUT2D eigenvalue weighted by Crippen LogP contribution is -2.15. The third-order valence-electron chi connectivity index (χ3n) is 5.11. The number of nitro groups is 1. The first-order chi connectivity index (χ1) is 14.2. The lowest BCUT2D eigenvalue weighted by atomic mass is 10.1. The predicted octanol–water partition coefficient (Wildman–Crippen LogP) is 4.66. The summed E-state index contributed by atoms with van der Waals surface area (Å²) in [5.41, 5.74) is 5.23. The van der Waals surface area contributed by atoms with E-state index in [2.05, 4.69) is 6.07 Å². The van der Waals surface area contributed by atoms with Crippen molar-refractivity contribution in [2.45, 2.75) is 27.7 Å². The molecule has 0 bridgehead atoms. The Labute approximate surface area is 174 Å². The van der Waals surface area contributed by atoms with Crippen LogP contribution in [0.2, 0.25) is 0 Å². The molecular weight excluding hydrogens is 384 g/mol. The van der Waals surface area contributed by atoms with Gasteiger partial charge >= 0.3 is 5.97 Å². The molecule has 1 aromatic heterocycles. The largest absolute Gasteiger partial charge is 0.454 e. The molecule has 0 amide bonds.